The Bertz CT molecular complexity index is 1440. The van der Waals surface area contributed by atoms with Gasteiger partial charge >= 0.3 is 5.97 Å². The van der Waals surface area contributed by atoms with Crippen molar-refractivity contribution in [2.45, 2.75) is 44.9 Å². The largest absolute Gasteiger partial charge is 0.481 e. The molecule has 1 amide bonds. The van der Waals surface area contributed by atoms with E-state index in [1.807, 2.05) is 49.5 Å². The van der Waals surface area contributed by atoms with E-state index in [4.69, 9.17) is 28.3 Å². The summed E-state index contributed by atoms with van der Waals surface area (Å²) in [4.78, 5) is 27.9. The molecule has 0 fully saturated rings. The predicted molar refractivity (Wildman–Crippen MR) is 153 cm³/mol. The first-order valence-corrected chi connectivity index (χ1v) is 13.4. The monoisotopic (exact) mass is 548 g/mol. The normalized spacial score (nSPS) is 12.7. The first kappa shape index (κ1) is 27.6. The summed E-state index contributed by atoms with van der Waals surface area (Å²) in [5.74, 6) is -1.14. The van der Waals surface area contributed by atoms with Gasteiger partial charge in [0.1, 0.15) is 0 Å². The number of benzene rings is 3. The van der Waals surface area contributed by atoms with Crippen molar-refractivity contribution in [3.63, 3.8) is 0 Å². The van der Waals surface area contributed by atoms with Gasteiger partial charge in [0.25, 0.3) is 5.91 Å². The van der Waals surface area contributed by atoms with Crippen LogP contribution in [0, 0.1) is 6.92 Å². The number of carbonyl (C=O) groups excluding carboxylic acids is 1. The molecule has 0 saturated carbocycles. The number of aliphatic carboxylic acids is 1. The minimum atomic E-state index is -0.948. The number of hydrogen-bond donors (Lipinski definition) is 2. The Kier molecular flexibility index (Phi) is 9.03. The maximum atomic E-state index is 12.5. The van der Waals surface area contributed by atoms with Crippen LogP contribution >= 0.6 is 23.2 Å². The fourth-order valence-corrected chi connectivity index (χ4v) is 5.48. The third-order valence-electron chi connectivity index (χ3n) is 6.83. The molecule has 1 heterocycles. The number of nitrogens with one attached hydrogen (secondary N) is 1. The van der Waals surface area contributed by atoms with E-state index >= 15 is 0 Å². The van der Waals surface area contributed by atoms with Gasteiger partial charge in [0.05, 0.1) is 11.9 Å². The Balaban J connectivity index is 1.79. The van der Waals surface area contributed by atoms with Crippen LogP contribution < -0.4 is 5.32 Å². The van der Waals surface area contributed by atoms with Crippen molar-refractivity contribution in [1.29, 1.82) is 0 Å². The number of carboxylic acids is 1. The summed E-state index contributed by atoms with van der Waals surface area (Å²) < 4.78 is 0. The van der Waals surface area contributed by atoms with Crippen LogP contribution in [0.2, 0.25) is 10.0 Å². The van der Waals surface area contributed by atoms with E-state index in [1.54, 1.807) is 12.1 Å². The van der Waals surface area contributed by atoms with Crippen LogP contribution in [0.15, 0.2) is 72.9 Å². The van der Waals surface area contributed by atoms with Gasteiger partial charge in [0.15, 0.2) is 0 Å². The molecule has 5 nitrogen and oxygen atoms in total. The maximum Gasteiger partial charge on any atom is 0.305 e. The number of amides is 1. The third kappa shape index (κ3) is 6.35. The SMILES string of the molecule is CCCC(c1ccc(C(=O)NCCC(=O)O)cc1)[C@@H](c1ccc(Cl)cc1)c1ccnc2c(C)cc(Cl)cc12. The molecule has 3 aromatic carbocycles. The Morgan fingerprint density at radius 2 is 1.63 bits per heavy atom. The van der Waals surface area contributed by atoms with Gasteiger partial charge in [0.2, 0.25) is 0 Å². The number of carboxylic acid groups (broad SMARTS) is 1. The molecule has 2 atom stereocenters. The standard InChI is InChI=1S/C31H30Cl2N2O3/c1-3-4-25(20-5-7-22(8-6-20)31(38)35-16-14-28(36)37)29(21-9-11-23(32)12-10-21)26-13-15-34-30-19(2)17-24(33)18-27(26)30/h5-13,15,17-18,25,29H,3-4,14,16H2,1-2H3,(H,35,38)(H,36,37)/t25?,29-/m1/s1. The minimum absolute atomic E-state index is 0.00849. The average molecular weight is 549 g/mol. The van der Waals surface area contributed by atoms with Crippen LogP contribution in [0.1, 0.15) is 70.6 Å². The lowest BCUT2D eigenvalue weighted by Gasteiger charge is -2.30. The number of pyridine rings is 1. The molecular weight excluding hydrogens is 519 g/mol. The lowest BCUT2D eigenvalue weighted by atomic mass is 9.74. The van der Waals surface area contributed by atoms with Gasteiger partial charge in [-0.2, -0.15) is 0 Å². The molecule has 7 heteroatoms. The predicted octanol–water partition coefficient (Wildman–Crippen LogP) is 7.77. The van der Waals surface area contributed by atoms with Crippen LogP contribution in [-0.2, 0) is 4.79 Å². The summed E-state index contributed by atoms with van der Waals surface area (Å²) in [5.41, 5.74) is 5.82. The van der Waals surface area contributed by atoms with Gasteiger partial charge < -0.3 is 10.4 Å². The Hall–Kier alpha value is -3.41. The van der Waals surface area contributed by atoms with Crippen LogP contribution in [-0.4, -0.2) is 28.5 Å². The van der Waals surface area contributed by atoms with Gasteiger partial charge in [-0.25, -0.2) is 0 Å². The highest BCUT2D eigenvalue weighted by molar-refractivity contribution is 6.31. The Morgan fingerprint density at radius 3 is 2.29 bits per heavy atom. The number of carbonyl (C=O) groups is 2. The number of aryl methyl sites for hydroxylation is 1. The molecule has 0 aliphatic heterocycles. The quantitative estimate of drug-likeness (QED) is 0.212. The average Bonchev–Trinajstić information content (AvgIpc) is 2.89. The van der Waals surface area contributed by atoms with E-state index in [0.717, 1.165) is 46.0 Å². The molecule has 4 aromatic rings. The van der Waals surface area contributed by atoms with Crippen molar-refractivity contribution in [2.24, 2.45) is 0 Å². The van der Waals surface area contributed by atoms with E-state index in [2.05, 4.69) is 35.4 Å². The van der Waals surface area contributed by atoms with Crippen LogP contribution in [0.5, 0.6) is 0 Å². The van der Waals surface area contributed by atoms with Gasteiger partial charge in [-0.15, -0.1) is 0 Å². The van der Waals surface area contributed by atoms with Crippen molar-refractivity contribution in [1.82, 2.24) is 10.3 Å². The number of fused-ring (bicyclic) bond motifs is 1. The number of rotatable bonds is 10. The molecule has 38 heavy (non-hydrogen) atoms. The summed E-state index contributed by atoms with van der Waals surface area (Å²) in [6.45, 7) is 4.28. The van der Waals surface area contributed by atoms with E-state index < -0.39 is 5.97 Å². The van der Waals surface area contributed by atoms with E-state index in [0.29, 0.717) is 15.6 Å². The number of aromatic nitrogens is 1. The summed E-state index contributed by atoms with van der Waals surface area (Å²) >= 11 is 12.8. The van der Waals surface area contributed by atoms with Crippen molar-refractivity contribution in [3.05, 3.63) is 111 Å². The number of nitrogens with zero attached hydrogens (tertiary/aromatic N) is 1. The summed E-state index contributed by atoms with van der Waals surface area (Å²) in [6, 6.07) is 21.6. The molecule has 0 bridgehead atoms. The topological polar surface area (TPSA) is 79.3 Å². The highest BCUT2D eigenvalue weighted by atomic mass is 35.5. The van der Waals surface area contributed by atoms with E-state index in [9.17, 15) is 9.59 Å². The Labute approximate surface area is 232 Å². The van der Waals surface area contributed by atoms with Crippen molar-refractivity contribution < 1.29 is 14.7 Å². The van der Waals surface area contributed by atoms with Crippen LogP contribution in [0.3, 0.4) is 0 Å². The third-order valence-corrected chi connectivity index (χ3v) is 7.30. The molecule has 0 spiro atoms. The van der Waals surface area contributed by atoms with Crippen molar-refractivity contribution in [2.75, 3.05) is 6.54 Å². The molecule has 0 radical (unpaired) electrons. The molecule has 1 aromatic heterocycles. The lowest BCUT2D eigenvalue weighted by molar-refractivity contribution is -0.136. The van der Waals surface area contributed by atoms with Crippen LogP contribution in [0.25, 0.3) is 10.9 Å². The zero-order valence-electron chi connectivity index (χ0n) is 21.4. The van der Waals surface area contributed by atoms with Crippen molar-refractivity contribution >= 4 is 46.0 Å². The minimum Gasteiger partial charge on any atom is -0.481 e. The summed E-state index contributed by atoms with van der Waals surface area (Å²) in [6.07, 6.45) is 3.62. The summed E-state index contributed by atoms with van der Waals surface area (Å²) in [5, 5.41) is 13.9. The Morgan fingerprint density at radius 1 is 0.947 bits per heavy atom. The molecule has 0 aliphatic rings. The van der Waals surface area contributed by atoms with E-state index in [1.165, 1.54) is 0 Å². The maximum absolute atomic E-state index is 12.5. The highest BCUT2D eigenvalue weighted by Crippen LogP contribution is 2.44. The summed E-state index contributed by atoms with van der Waals surface area (Å²) in [7, 11) is 0. The van der Waals surface area contributed by atoms with Crippen molar-refractivity contribution in [3.8, 4) is 0 Å². The number of halogens is 2. The molecule has 0 saturated heterocycles. The molecule has 2 N–H and O–H groups in total. The zero-order valence-corrected chi connectivity index (χ0v) is 22.9. The molecule has 196 valence electrons. The lowest BCUT2D eigenvalue weighted by Crippen LogP contribution is -2.26. The first-order valence-electron chi connectivity index (χ1n) is 12.7. The second-order valence-electron chi connectivity index (χ2n) is 9.47. The van der Waals surface area contributed by atoms with Gasteiger partial charge in [0, 0.05) is 39.7 Å². The number of hydrogen-bond acceptors (Lipinski definition) is 3. The fourth-order valence-electron chi connectivity index (χ4n) is 5.08. The fraction of sp³-hybridized carbons (Fsp3) is 0.258. The molecule has 4 rings (SSSR count). The second-order valence-corrected chi connectivity index (χ2v) is 10.3. The molecule has 0 aliphatic carbocycles. The van der Waals surface area contributed by atoms with Gasteiger partial charge in [-0.05, 0) is 84.0 Å². The molecular formula is C31H30Cl2N2O3. The van der Waals surface area contributed by atoms with E-state index in [-0.39, 0.29) is 30.7 Å². The molecule has 1 unspecified atom stereocenters. The first-order chi connectivity index (χ1) is 18.3. The van der Waals surface area contributed by atoms with Gasteiger partial charge in [-0.3, -0.25) is 14.6 Å². The van der Waals surface area contributed by atoms with Crippen LogP contribution in [0.4, 0.5) is 0 Å². The zero-order chi connectivity index (χ0) is 27.2. The smallest absolute Gasteiger partial charge is 0.305 e. The highest BCUT2D eigenvalue weighted by Gasteiger charge is 2.28. The second kappa shape index (κ2) is 12.4. The van der Waals surface area contributed by atoms with Gasteiger partial charge in [-0.1, -0.05) is 60.8 Å².